The van der Waals surface area contributed by atoms with Crippen LogP contribution in [0.1, 0.15) is 48.4 Å². The lowest BCUT2D eigenvalue weighted by Gasteiger charge is -2.04. The van der Waals surface area contributed by atoms with E-state index in [0.717, 1.165) is 0 Å². The fourth-order valence-corrected chi connectivity index (χ4v) is 5.28. The van der Waals surface area contributed by atoms with Crippen LogP contribution in [0.3, 0.4) is 0 Å². The van der Waals surface area contributed by atoms with E-state index in [4.69, 9.17) is 11.1 Å². The smallest absolute Gasteiger partial charge is 0.278 e. The number of carbonyl (C=O) groups is 4. The van der Waals surface area contributed by atoms with E-state index in [2.05, 4.69) is 21.3 Å². The number of non-ortho nitro benzene ring substituents is 1. The summed E-state index contributed by atoms with van der Waals surface area (Å²) in [5.41, 5.74) is 7.73. The molecule has 5 aromatic rings. The second-order valence-electron chi connectivity index (χ2n) is 11.1. The lowest BCUT2D eigenvalue weighted by Crippen LogP contribution is -2.28. The number of nitro groups is 1. The maximum absolute atomic E-state index is 13.2. The monoisotopic (exact) mass is 727 g/mol. The summed E-state index contributed by atoms with van der Waals surface area (Å²) in [5, 5.41) is 29.9. The van der Waals surface area contributed by atoms with Gasteiger partial charge in [0.1, 0.15) is 22.8 Å². The molecule has 4 heterocycles. The number of hydrogen-bond donors (Lipinski definition) is 6. The lowest BCUT2D eigenvalue weighted by atomic mass is 10.2. The first-order valence-corrected chi connectivity index (χ1v) is 14.5. The third kappa shape index (κ3) is 7.96. The number of amidine groups is 1. The summed E-state index contributed by atoms with van der Waals surface area (Å²) < 4.78 is 6.18. The van der Waals surface area contributed by atoms with Crippen molar-refractivity contribution in [2.45, 2.75) is 6.42 Å². The molecule has 0 saturated carbocycles. The van der Waals surface area contributed by atoms with Crippen LogP contribution in [-0.4, -0.2) is 59.2 Å². The Hall–Kier alpha value is -6.07. The molecule has 50 heavy (non-hydrogen) atoms. The van der Waals surface area contributed by atoms with Gasteiger partial charge in [-0.1, -0.05) is 6.07 Å². The molecular formula is C31H35Cl2N11O6. The highest BCUT2D eigenvalue weighted by atomic mass is 35.5. The molecule has 0 spiro atoms. The normalized spacial score (nSPS) is 10.5. The number of nitro benzene ring substituents is 1. The number of rotatable bonds is 11. The van der Waals surface area contributed by atoms with Crippen LogP contribution in [-0.2, 0) is 28.2 Å². The van der Waals surface area contributed by atoms with E-state index in [9.17, 15) is 29.3 Å². The molecule has 264 valence electrons. The maximum atomic E-state index is 13.2. The largest absolute Gasteiger partial charge is 0.388 e. The number of carbonyl (C=O) groups excluding carboxylic acids is 4. The SMILES string of the molecule is Cl.Cl.Cn1cc(NC(=O)c2cc(NC(=O)c3cc(NC(=O)c4cc5c([N+](=O)[O-])cccc5n4C)cn3C)cn2C)cc1C(=O)NCCC(=N)N. The van der Waals surface area contributed by atoms with E-state index in [0.29, 0.717) is 33.7 Å². The van der Waals surface area contributed by atoms with Gasteiger partial charge in [0.05, 0.1) is 38.7 Å². The van der Waals surface area contributed by atoms with E-state index >= 15 is 0 Å². The number of fused-ring (bicyclic) bond motifs is 1. The molecule has 1 aromatic carbocycles. The first-order valence-electron chi connectivity index (χ1n) is 14.5. The highest BCUT2D eigenvalue weighted by Crippen LogP contribution is 2.29. The number of nitrogens with one attached hydrogen (secondary N) is 5. The van der Waals surface area contributed by atoms with Crippen molar-refractivity contribution in [2.75, 3.05) is 22.5 Å². The molecule has 0 unspecified atom stereocenters. The van der Waals surface area contributed by atoms with Crippen LogP contribution in [0, 0.1) is 15.5 Å². The van der Waals surface area contributed by atoms with Crippen molar-refractivity contribution in [3.63, 3.8) is 0 Å². The van der Waals surface area contributed by atoms with Crippen molar-refractivity contribution >= 4 is 87.9 Å². The number of nitrogens with zero attached hydrogens (tertiary/aromatic N) is 5. The summed E-state index contributed by atoms with van der Waals surface area (Å²) in [7, 11) is 6.56. The molecule has 4 aromatic heterocycles. The second-order valence-corrected chi connectivity index (χ2v) is 11.1. The van der Waals surface area contributed by atoms with E-state index in [-0.39, 0.29) is 72.3 Å². The van der Waals surface area contributed by atoms with Crippen LogP contribution in [0.4, 0.5) is 22.7 Å². The number of amides is 4. The number of halogens is 2. The van der Waals surface area contributed by atoms with Gasteiger partial charge < -0.3 is 45.3 Å². The van der Waals surface area contributed by atoms with E-state index in [1.165, 1.54) is 39.5 Å². The number of anilines is 3. The van der Waals surface area contributed by atoms with E-state index < -0.39 is 22.6 Å². The molecule has 7 N–H and O–H groups in total. The molecule has 0 fully saturated rings. The van der Waals surface area contributed by atoms with Crippen LogP contribution in [0.15, 0.2) is 61.1 Å². The summed E-state index contributed by atoms with van der Waals surface area (Å²) in [6, 6.07) is 10.6. The van der Waals surface area contributed by atoms with Crippen molar-refractivity contribution in [3.8, 4) is 0 Å². The number of hydrogen-bond acceptors (Lipinski definition) is 7. The summed E-state index contributed by atoms with van der Waals surface area (Å²) >= 11 is 0. The van der Waals surface area contributed by atoms with Gasteiger partial charge in [0, 0.05) is 65.8 Å². The Bertz CT molecular complexity index is 2140. The molecule has 0 saturated heterocycles. The van der Waals surface area contributed by atoms with Gasteiger partial charge in [0.25, 0.3) is 29.3 Å². The van der Waals surface area contributed by atoms with Gasteiger partial charge in [-0.15, -0.1) is 24.8 Å². The number of nitrogens with two attached hydrogens (primary N) is 1. The van der Waals surface area contributed by atoms with Crippen LogP contribution in [0.5, 0.6) is 0 Å². The van der Waals surface area contributed by atoms with Crippen molar-refractivity contribution in [2.24, 2.45) is 33.9 Å². The summed E-state index contributed by atoms with van der Waals surface area (Å²) in [6.07, 6.45) is 4.92. The van der Waals surface area contributed by atoms with Gasteiger partial charge >= 0.3 is 0 Å². The summed E-state index contributed by atoms with van der Waals surface area (Å²) in [6.45, 7) is 0.206. The van der Waals surface area contributed by atoms with Gasteiger partial charge in [-0.25, -0.2) is 0 Å². The van der Waals surface area contributed by atoms with Gasteiger partial charge in [0.15, 0.2) is 0 Å². The highest BCUT2D eigenvalue weighted by molar-refractivity contribution is 6.10. The summed E-state index contributed by atoms with van der Waals surface area (Å²) in [5.74, 6) is -1.92. The molecule has 0 aliphatic carbocycles. The van der Waals surface area contributed by atoms with Gasteiger partial charge in [-0.3, -0.25) is 34.7 Å². The number of benzene rings is 1. The third-order valence-electron chi connectivity index (χ3n) is 7.66. The van der Waals surface area contributed by atoms with Crippen molar-refractivity contribution in [1.29, 1.82) is 5.41 Å². The second kappa shape index (κ2) is 15.4. The zero-order valence-electron chi connectivity index (χ0n) is 27.3. The molecule has 0 atom stereocenters. The molecule has 0 radical (unpaired) electrons. The molecule has 19 heteroatoms. The quantitative estimate of drug-likeness (QED) is 0.0510. The first kappa shape index (κ1) is 38.4. The number of aryl methyl sites for hydroxylation is 4. The Morgan fingerprint density at radius 2 is 1.18 bits per heavy atom. The predicted octanol–water partition coefficient (Wildman–Crippen LogP) is 3.76. The van der Waals surface area contributed by atoms with Gasteiger partial charge in [-0.2, -0.15) is 0 Å². The molecule has 0 aliphatic heterocycles. The van der Waals surface area contributed by atoms with Gasteiger partial charge in [-0.05, 0) is 30.3 Å². The molecule has 17 nitrogen and oxygen atoms in total. The predicted molar refractivity (Wildman–Crippen MR) is 193 cm³/mol. The standard InChI is InChI=1S/C31H33N11O6.2ClH/c1-38-14-17(10-23(38)28(43)34-9-8-27(32)33)35-29(44)24-11-18(15-39(24)2)36-30(45)25-12-19(16-40(25)3)37-31(46)26-13-20-21(41(26)4)6-5-7-22(20)42(47)48;;/h5-7,10-16H,8-9H2,1-4H3,(H3,32,33)(H,34,43)(H,35,44)(H,36,45)(H,37,46);2*1H. The van der Waals surface area contributed by atoms with Crippen LogP contribution < -0.4 is 27.0 Å². The zero-order valence-corrected chi connectivity index (χ0v) is 28.9. The highest BCUT2D eigenvalue weighted by Gasteiger charge is 2.22. The Balaban J connectivity index is 0.00000338. The summed E-state index contributed by atoms with van der Waals surface area (Å²) in [4.78, 5) is 62.8. The molecular weight excluding hydrogens is 693 g/mol. The van der Waals surface area contributed by atoms with Crippen molar-refractivity contribution in [1.82, 2.24) is 23.6 Å². The third-order valence-corrected chi connectivity index (χ3v) is 7.66. The number of aromatic nitrogens is 4. The maximum Gasteiger partial charge on any atom is 0.278 e. The minimum absolute atomic E-state index is 0. The minimum Gasteiger partial charge on any atom is -0.388 e. The van der Waals surface area contributed by atoms with Crippen molar-refractivity contribution < 1.29 is 24.1 Å². The first-order chi connectivity index (χ1) is 22.7. The topological polar surface area (TPSA) is 229 Å². The fraction of sp³-hybridized carbons (Fsp3) is 0.194. The van der Waals surface area contributed by atoms with Crippen molar-refractivity contribution in [3.05, 3.63) is 93.9 Å². The van der Waals surface area contributed by atoms with E-state index in [1.807, 2.05) is 0 Å². The average molecular weight is 729 g/mol. The average Bonchev–Trinajstić information content (AvgIpc) is 3.77. The zero-order chi connectivity index (χ0) is 34.9. The molecule has 4 amide bonds. The Labute approximate surface area is 297 Å². The van der Waals surface area contributed by atoms with Crippen LogP contribution in [0.2, 0.25) is 0 Å². The molecule has 0 aliphatic rings. The Kier molecular flexibility index (Phi) is 11.8. The minimum atomic E-state index is -0.515. The van der Waals surface area contributed by atoms with E-state index in [1.54, 1.807) is 68.0 Å². The molecule has 5 rings (SSSR count). The van der Waals surface area contributed by atoms with Crippen LogP contribution in [0.25, 0.3) is 10.9 Å². The van der Waals surface area contributed by atoms with Gasteiger partial charge in [0.2, 0.25) is 0 Å². The van der Waals surface area contributed by atoms with Crippen LogP contribution >= 0.6 is 24.8 Å². The molecule has 0 bridgehead atoms. The lowest BCUT2D eigenvalue weighted by molar-refractivity contribution is -0.383. The Morgan fingerprint density at radius 3 is 1.62 bits per heavy atom. The Morgan fingerprint density at radius 1 is 0.740 bits per heavy atom. The fourth-order valence-electron chi connectivity index (χ4n) is 5.28.